The Bertz CT molecular complexity index is 107. The normalized spacial score (nSPS) is 12.0. The highest BCUT2D eigenvalue weighted by Gasteiger charge is 2.20. The van der Waals surface area contributed by atoms with Crippen LogP contribution in [0, 0.1) is 0 Å². The minimum atomic E-state index is -1.35. The van der Waals surface area contributed by atoms with Crippen molar-refractivity contribution >= 4 is 19.9 Å². The van der Waals surface area contributed by atoms with Gasteiger partial charge in [-0.25, -0.2) is 0 Å². The van der Waals surface area contributed by atoms with Crippen LogP contribution in [0.2, 0.25) is 19.1 Å². The van der Waals surface area contributed by atoms with Crippen LogP contribution in [0.5, 0.6) is 0 Å². The summed E-state index contributed by atoms with van der Waals surface area (Å²) in [6, 6.07) is 1.19. The highest BCUT2D eigenvalue weighted by atomic mass is 35.5. The average molecular weight is 209 g/mol. The molecule has 0 radical (unpaired) electrons. The van der Waals surface area contributed by atoms with Crippen molar-refractivity contribution in [2.75, 3.05) is 12.5 Å². The van der Waals surface area contributed by atoms with Crippen LogP contribution in [0.1, 0.15) is 26.2 Å². The van der Waals surface area contributed by atoms with E-state index in [1.807, 2.05) is 0 Å². The largest absolute Gasteiger partial charge is 0.417 e. The molecule has 0 saturated heterocycles. The average Bonchev–Trinajstić information content (AvgIpc) is 2.01. The van der Waals surface area contributed by atoms with Crippen LogP contribution >= 0.6 is 11.6 Å². The first-order valence-corrected chi connectivity index (χ1v) is 8.47. The van der Waals surface area contributed by atoms with Crippen molar-refractivity contribution < 1.29 is 4.43 Å². The maximum Gasteiger partial charge on any atom is 0.186 e. The van der Waals surface area contributed by atoms with E-state index in [9.17, 15) is 0 Å². The molecule has 0 aromatic rings. The number of unbranched alkanes of at least 4 members (excludes halogenated alkanes) is 1. The summed E-state index contributed by atoms with van der Waals surface area (Å²) in [6.45, 7) is 7.68. The van der Waals surface area contributed by atoms with Gasteiger partial charge in [0.2, 0.25) is 0 Å². The molecule has 0 heterocycles. The van der Waals surface area contributed by atoms with Gasteiger partial charge in [0.05, 0.1) is 0 Å². The van der Waals surface area contributed by atoms with E-state index in [0.717, 1.165) is 18.9 Å². The van der Waals surface area contributed by atoms with Crippen LogP contribution in [0.15, 0.2) is 0 Å². The first-order chi connectivity index (χ1) is 5.62. The van der Waals surface area contributed by atoms with E-state index in [0.29, 0.717) is 0 Å². The Kier molecular flexibility index (Phi) is 7.20. The van der Waals surface area contributed by atoms with E-state index in [2.05, 4.69) is 20.0 Å². The molecule has 0 amide bonds. The Morgan fingerprint density at radius 1 is 1.25 bits per heavy atom. The first-order valence-electron chi connectivity index (χ1n) is 4.82. The summed E-state index contributed by atoms with van der Waals surface area (Å²) < 4.78 is 5.85. The molecule has 0 saturated carbocycles. The van der Waals surface area contributed by atoms with Crippen LogP contribution in [-0.2, 0) is 4.43 Å². The second kappa shape index (κ2) is 6.93. The third kappa shape index (κ3) is 7.13. The summed E-state index contributed by atoms with van der Waals surface area (Å²) in [6.07, 6.45) is 3.52. The minimum Gasteiger partial charge on any atom is -0.417 e. The fourth-order valence-corrected chi connectivity index (χ4v) is 3.28. The van der Waals surface area contributed by atoms with E-state index >= 15 is 0 Å². The van der Waals surface area contributed by atoms with Crippen LogP contribution in [0.3, 0.4) is 0 Å². The van der Waals surface area contributed by atoms with Crippen LogP contribution in [0.25, 0.3) is 0 Å². The van der Waals surface area contributed by atoms with Crippen molar-refractivity contribution in [3.8, 4) is 0 Å². The predicted molar refractivity (Wildman–Crippen MR) is 58.5 cm³/mol. The molecule has 0 aliphatic carbocycles. The van der Waals surface area contributed by atoms with Gasteiger partial charge in [0.15, 0.2) is 8.32 Å². The zero-order valence-corrected chi connectivity index (χ0v) is 10.3. The maximum absolute atomic E-state index is 5.85. The van der Waals surface area contributed by atoms with E-state index < -0.39 is 8.32 Å². The number of hydrogen-bond acceptors (Lipinski definition) is 1. The topological polar surface area (TPSA) is 9.23 Å². The highest BCUT2D eigenvalue weighted by Crippen LogP contribution is 2.14. The third-order valence-corrected chi connectivity index (χ3v) is 4.71. The molecule has 0 bridgehead atoms. The van der Waals surface area contributed by atoms with Crippen molar-refractivity contribution in [2.45, 2.75) is 45.3 Å². The lowest BCUT2D eigenvalue weighted by Crippen LogP contribution is -2.30. The summed E-state index contributed by atoms with van der Waals surface area (Å²) >= 11 is 5.64. The van der Waals surface area contributed by atoms with E-state index in [1.54, 1.807) is 0 Å². The van der Waals surface area contributed by atoms with Gasteiger partial charge in [-0.3, -0.25) is 0 Å². The number of alkyl halides is 1. The Hall–Kier alpha value is 0.467. The molecule has 12 heavy (non-hydrogen) atoms. The number of hydrogen-bond donors (Lipinski definition) is 0. The summed E-state index contributed by atoms with van der Waals surface area (Å²) in [5, 5.41) is 0. The second-order valence-electron chi connectivity index (χ2n) is 3.75. The molecule has 0 N–H and O–H groups in total. The summed E-state index contributed by atoms with van der Waals surface area (Å²) in [4.78, 5) is 0. The Morgan fingerprint density at radius 3 is 2.42 bits per heavy atom. The lowest BCUT2D eigenvalue weighted by Gasteiger charge is -2.22. The molecule has 0 aliphatic rings. The van der Waals surface area contributed by atoms with Crippen molar-refractivity contribution in [3.05, 3.63) is 0 Å². The molecule has 0 aliphatic heterocycles. The summed E-state index contributed by atoms with van der Waals surface area (Å²) in [5.74, 6) is 0.771. The van der Waals surface area contributed by atoms with Gasteiger partial charge in [-0.2, -0.15) is 0 Å². The maximum atomic E-state index is 5.85. The van der Waals surface area contributed by atoms with Gasteiger partial charge >= 0.3 is 0 Å². The lowest BCUT2D eigenvalue weighted by atomic mass is 10.4. The van der Waals surface area contributed by atoms with Gasteiger partial charge in [-0.05, 0) is 32.0 Å². The molecule has 1 nitrogen and oxygen atoms in total. The molecule has 0 unspecified atom stereocenters. The van der Waals surface area contributed by atoms with Gasteiger partial charge in [0, 0.05) is 12.5 Å². The fraction of sp³-hybridized carbons (Fsp3) is 1.00. The second-order valence-corrected chi connectivity index (χ2v) is 8.44. The predicted octanol–water partition coefficient (Wildman–Crippen LogP) is 3.64. The minimum absolute atomic E-state index is 0.771. The fourth-order valence-electron chi connectivity index (χ4n) is 1.06. The van der Waals surface area contributed by atoms with Crippen molar-refractivity contribution in [3.63, 3.8) is 0 Å². The Morgan fingerprint density at radius 2 is 1.92 bits per heavy atom. The molecular formula is C9H21ClOSi. The molecule has 0 aromatic heterocycles. The molecule has 0 aromatic carbocycles. The van der Waals surface area contributed by atoms with Gasteiger partial charge in [0.25, 0.3) is 0 Å². The SMILES string of the molecule is CCCCO[Si](C)(C)CCCCl. The van der Waals surface area contributed by atoms with Gasteiger partial charge in [0.1, 0.15) is 0 Å². The molecule has 3 heteroatoms. The monoisotopic (exact) mass is 208 g/mol. The van der Waals surface area contributed by atoms with E-state index in [1.165, 1.54) is 18.9 Å². The standard InChI is InChI=1S/C9H21ClOSi/c1-4-5-8-11-12(2,3)9-6-7-10/h4-9H2,1-3H3. The lowest BCUT2D eigenvalue weighted by molar-refractivity contribution is 0.298. The summed E-state index contributed by atoms with van der Waals surface area (Å²) in [7, 11) is -1.35. The van der Waals surface area contributed by atoms with Gasteiger partial charge in [-0.1, -0.05) is 13.3 Å². The smallest absolute Gasteiger partial charge is 0.186 e. The zero-order chi connectivity index (χ0) is 9.45. The molecular weight excluding hydrogens is 188 g/mol. The van der Waals surface area contributed by atoms with E-state index in [-0.39, 0.29) is 0 Å². The Balaban J connectivity index is 3.42. The molecule has 74 valence electrons. The molecule has 0 atom stereocenters. The van der Waals surface area contributed by atoms with Gasteiger partial charge < -0.3 is 4.43 Å². The summed E-state index contributed by atoms with van der Waals surface area (Å²) in [5.41, 5.74) is 0. The van der Waals surface area contributed by atoms with Crippen molar-refractivity contribution in [2.24, 2.45) is 0 Å². The van der Waals surface area contributed by atoms with Crippen LogP contribution in [0.4, 0.5) is 0 Å². The van der Waals surface area contributed by atoms with Crippen LogP contribution in [-0.4, -0.2) is 20.8 Å². The van der Waals surface area contributed by atoms with Crippen molar-refractivity contribution in [1.82, 2.24) is 0 Å². The van der Waals surface area contributed by atoms with Gasteiger partial charge in [-0.15, -0.1) is 11.6 Å². The highest BCUT2D eigenvalue weighted by molar-refractivity contribution is 6.71. The van der Waals surface area contributed by atoms with Crippen LogP contribution < -0.4 is 0 Å². The first kappa shape index (κ1) is 12.5. The van der Waals surface area contributed by atoms with E-state index in [4.69, 9.17) is 16.0 Å². The molecule has 0 rings (SSSR count). The molecule has 0 fully saturated rings. The zero-order valence-electron chi connectivity index (χ0n) is 8.53. The van der Waals surface area contributed by atoms with Crippen molar-refractivity contribution in [1.29, 1.82) is 0 Å². The Labute approximate surface area is 82.6 Å². The number of halogens is 1. The quantitative estimate of drug-likeness (QED) is 0.353. The molecule has 0 spiro atoms. The number of rotatable bonds is 7. The third-order valence-electron chi connectivity index (χ3n) is 1.90.